The summed E-state index contributed by atoms with van der Waals surface area (Å²) in [4.78, 5) is 39.3. The van der Waals surface area contributed by atoms with Gasteiger partial charge in [0.1, 0.15) is 25.5 Å². The molecular weight excluding hydrogens is 426 g/mol. The first-order valence-corrected chi connectivity index (χ1v) is 10.3. The topological polar surface area (TPSA) is 121 Å². The van der Waals surface area contributed by atoms with Crippen LogP contribution in [0.4, 0.5) is 10.5 Å². The summed E-state index contributed by atoms with van der Waals surface area (Å²) in [5.41, 5.74) is 2.04. The highest BCUT2D eigenvalue weighted by Gasteiger charge is 2.23. The lowest BCUT2D eigenvalue weighted by atomic mass is 10.1. The van der Waals surface area contributed by atoms with Crippen molar-refractivity contribution in [3.63, 3.8) is 0 Å². The van der Waals surface area contributed by atoms with Crippen LogP contribution < -0.4 is 5.32 Å². The molecule has 2 aromatic carbocycles. The second kappa shape index (κ2) is 11.9. The van der Waals surface area contributed by atoms with Crippen LogP contribution in [0.3, 0.4) is 0 Å². The molecule has 9 heteroatoms. The van der Waals surface area contributed by atoms with E-state index in [1.165, 1.54) is 12.1 Å². The third-order valence-corrected chi connectivity index (χ3v) is 4.72. The Morgan fingerprint density at radius 1 is 0.909 bits per heavy atom. The molecular formula is C24H23N3O6. The first-order chi connectivity index (χ1) is 16.0. The van der Waals surface area contributed by atoms with Gasteiger partial charge < -0.3 is 14.8 Å². The predicted molar refractivity (Wildman–Crippen MR) is 119 cm³/mol. The van der Waals surface area contributed by atoms with E-state index >= 15 is 0 Å². The SMILES string of the molecule is O=C(N[C@@H](CCc1ccc([N+](=O)[O-])cn1)C(=O)OCc1ccccc1)OCc1ccccc1. The number of benzene rings is 2. The number of hydrogen-bond donors (Lipinski definition) is 1. The normalized spacial score (nSPS) is 11.3. The Morgan fingerprint density at radius 3 is 2.06 bits per heavy atom. The highest BCUT2D eigenvalue weighted by atomic mass is 16.6. The number of pyridine rings is 1. The fourth-order valence-corrected chi connectivity index (χ4v) is 2.95. The van der Waals surface area contributed by atoms with Gasteiger partial charge in [0.15, 0.2) is 0 Å². The maximum absolute atomic E-state index is 12.7. The molecule has 0 spiro atoms. The number of rotatable bonds is 10. The van der Waals surface area contributed by atoms with E-state index in [0.717, 1.165) is 17.3 Å². The van der Waals surface area contributed by atoms with E-state index in [-0.39, 0.29) is 25.3 Å². The molecule has 1 atom stereocenters. The summed E-state index contributed by atoms with van der Waals surface area (Å²) in [5.74, 6) is -0.613. The number of alkyl carbamates (subject to hydrolysis) is 1. The number of carbonyl (C=O) groups is 2. The van der Waals surface area contributed by atoms with Crippen LogP contribution in [-0.2, 0) is 33.9 Å². The van der Waals surface area contributed by atoms with Crippen LogP contribution in [0.2, 0.25) is 0 Å². The molecule has 0 unspecified atom stereocenters. The minimum Gasteiger partial charge on any atom is -0.459 e. The standard InChI is InChI=1S/C24H23N3O6/c28-23(32-16-18-7-3-1-4-8-18)22(14-12-20-11-13-21(15-25-20)27(30)31)26-24(29)33-17-19-9-5-2-6-10-19/h1-11,13,15,22H,12,14,16-17H2,(H,26,29)/t22-/m0/s1. The van der Waals surface area contributed by atoms with Gasteiger partial charge >= 0.3 is 12.1 Å². The maximum Gasteiger partial charge on any atom is 0.408 e. The Labute approximate surface area is 190 Å². The van der Waals surface area contributed by atoms with Crippen molar-refractivity contribution in [1.82, 2.24) is 10.3 Å². The van der Waals surface area contributed by atoms with Crippen molar-refractivity contribution in [3.8, 4) is 0 Å². The Hall–Kier alpha value is -4.27. The van der Waals surface area contributed by atoms with Crippen LogP contribution in [0.15, 0.2) is 79.0 Å². The van der Waals surface area contributed by atoms with Gasteiger partial charge in [-0.3, -0.25) is 15.1 Å². The summed E-state index contributed by atoms with van der Waals surface area (Å²) in [6, 6.07) is 20.2. The first-order valence-electron chi connectivity index (χ1n) is 10.3. The number of ether oxygens (including phenoxy) is 2. The van der Waals surface area contributed by atoms with E-state index < -0.39 is 23.0 Å². The summed E-state index contributed by atoms with van der Waals surface area (Å²) in [6.07, 6.45) is 0.873. The molecule has 1 aromatic heterocycles. The average Bonchev–Trinajstić information content (AvgIpc) is 2.85. The van der Waals surface area contributed by atoms with Crippen molar-refractivity contribution in [2.45, 2.75) is 32.1 Å². The van der Waals surface area contributed by atoms with Crippen molar-refractivity contribution >= 4 is 17.7 Å². The number of carbonyl (C=O) groups excluding carboxylic acids is 2. The Balaban J connectivity index is 1.60. The Bertz CT molecular complexity index is 1060. The quantitative estimate of drug-likeness (QED) is 0.282. The third-order valence-electron chi connectivity index (χ3n) is 4.72. The number of hydrogen-bond acceptors (Lipinski definition) is 7. The molecule has 3 rings (SSSR count). The summed E-state index contributed by atoms with van der Waals surface area (Å²) in [6.45, 7) is 0.120. The largest absolute Gasteiger partial charge is 0.459 e. The zero-order valence-corrected chi connectivity index (χ0v) is 17.8. The lowest BCUT2D eigenvalue weighted by Crippen LogP contribution is -2.42. The molecule has 0 fully saturated rings. The van der Waals surface area contributed by atoms with Crippen LogP contribution in [0.25, 0.3) is 0 Å². The number of nitrogens with zero attached hydrogens (tertiary/aromatic N) is 2. The summed E-state index contributed by atoms with van der Waals surface area (Å²) < 4.78 is 10.6. The van der Waals surface area contributed by atoms with E-state index in [1.807, 2.05) is 60.7 Å². The number of esters is 1. The predicted octanol–water partition coefficient (Wildman–Crippen LogP) is 3.96. The fraction of sp³-hybridized carbons (Fsp3) is 0.208. The van der Waals surface area contributed by atoms with Crippen LogP contribution in [-0.4, -0.2) is 28.0 Å². The van der Waals surface area contributed by atoms with Gasteiger partial charge in [0.05, 0.1) is 4.92 Å². The van der Waals surface area contributed by atoms with Gasteiger partial charge in [-0.05, 0) is 30.0 Å². The molecule has 0 aliphatic heterocycles. The van der Waals surface area contributed by atoms with Gasteiger partial charge in [-0.2, -0.15) is 0 Å². The summed E-state index contributed by atoms with van der Waals surface area (Å²) >= 11 is 0. The molecule has 0 aliphatic carbocycles. The molecule has 33 heavy (non-hydrogen) atoms. The number of nitro groups is 1. The number of aromatic nitrogens is 1. The van der Waals surface area contributed by atoms with Crippen molar-refractivity contribution in [2.75, 3.05) is 0 Å². The zero-order valence-electron chi connectivity index (χ0n) is 17.8. The lowest BCUT2D eigenvalue weighted by Gasteiger charge is -2.17. The molecule has 9 nitrogen and oxygen atoms in total. The fourth-order valence-electron chi connectivity index (χ4n) is 2.95. The Morgan fingerprint density at radius 2 is 1.52 bits per heavy atom. The van der Waals surface area contributed by atoms with Gasteiger partial charge in [0.2, 0.25) is 0 Å². The second-order valence-corrected chi connectivity index (χ2v) is 7.16. The van der Waals surface area contributed by atoms with Crippen molar-refractivity contribution in [3.05, 3.63) is 106 Å². The molecule has 170 valence electrons. The number of nitrogens with one attached hydrogen (secondary N) is 1. The maximum atomic E-state index is 12.7. The highest BCUT2D eigenvalue weighted by molar-refractivity contribution is 5.81. The van der Waals surface area contributed by atoms with Crippen LogP contribution >= 0.6 is 0 Å². The molecule has 0 saturated carbocycles. The van der Waals surface area contributed by atoms with Gasteiger partial charge in [0.25, 0.3) is 5.69 Å². The molecule has 1 heterocycles. The monoisotopic (exact) mass is 449 g/mol. The van der Waals surface area contributed by atoms with Crippen LogP contribution in [0, 0.1) is 10.1 Å². The van der Waals surface area contributed by atoms with E-state index in [1.54, 1.807) is 0 Å². The van der Waals surface area contributed by atoms with Crippen molar-refractivity contribution in [2.24, 2.45) is 0 Å². The smallest absolute Gasteiger partial charge is 0.408 e. The van der Waals surface area contributed by atoms with Gasteiger partial charge in [0, 0.05) is 11.8 Å². The molecule has 0 bridgehead atoms. The molecule has 0 aliphatic rings. The summed E-state index contributed by atoms with van der Waals surface area (Å²) in [7, 11) is 0. The van der Waals surface area contributed by atoms with E-state index in [0.29, 0.717) is 12.1 Å². The number of aryl methyl sites for hydroxylation is 1. The van der Waals surface area contributed by atoms with Gasteiger partial charge in [-0.15, -0.1) is 0 Å². The van der Waals surface area contributed by atoms with Crippen LogP contribution in [0.1, 0.15) is 23.2 Å². The van der Waals surface area contributed by atoms with Crippen molar-refractivity contribution < 1.29 is 24.0 Å². The molecule has 0 saturated heterocycles. The van der Waals surface area contributed by atoms with E-state index in [4.69, 9.17) is 9.47 Å². The first kappa shape index (κ1) is 23.4. The highest BCUT2D eigenvalue weighted by Crippen LogP contribution is 2.12. The van der Waals surface area contributed by atoms with E-state index in [2.05, 4.69) is 10.3 Å². The Kier molecular flexibility index (Phi) is 8.47. The van der Waals surface area contributed by atoms with Crippen molar-refractivity contribution in [1.29, 1.82) is 0 Å². The summed E-state index contributed by atoms with van der Waals surface area (Å²) in [5, 5.41) is 13.3. The minimum absolute atomic E-state index is 0.0579. The van der Waals surface area contributed by atoms with E-state index in [9.17, 15) is 19.7 Å². The second-order valence-electron chi connectivity index (χ2n) is 7.16. The molecule has 0 radical (unpaired) electrons. The number of amides is 1. The van der Waals surface area contributed by atoms with Gasteiger partial charge in [-0.1, -0.05) is 60.7 Å². The zero-order chi connectivity index (χ0) is 23.5. The van der Waals surface area contributed by atoms with Crippen LogP contribution in [0.5, 0.6) is 0 Å². The average molecular weight is 449 g/mol. The molecule has 3 aromatic rings. The van der Waals surface area contributed by atoms with Gasteiger partial charge in [-0.25, -0.2) is 9.59 Å². The lowest BCUT2D eigenvalue weighted by molar-refractivity contribution is -0.385. The minimum atomic E-state index is -0.978. The third kappa shape index (κ3) is 7.73. The molecule has 1 N–H and O–H groups in total. The molecule has 1 amide bonds.